The molecule has 20 heavy (non-hydrogen) atoms. The summed E-state index contributed by atoms with van der Waals surface area (Å²) in [4.78, 5) is 10.7. The van der Waals surface area contributed by atoms with Crippen molar-refractivity contribution in [2.45, 2.75) is 6.61 Å². The molecule has 0 amide bonds. The third-order valence-electron chi connectivity index (χ3n) is 2.65. The summed E-state index contributed by atoms with van der Waals surface area (Å²) in [5, 5.41) is 8.54. The predicted molar refractivity (Wildman–Crippen MR) is 73.7 cm³/mol. The fraction of sp³-hybridized carbons (Fsp3) is 0.125. The van der Waals surface area contributed by atoms with Gasteiger partial charge >= 0.3 is 0 Å². The lowest BCUT2D eigenvalue weighted by molar-refractivity contribution is 0.112. The van der Waals surface area contributed by atoms with E-state index in [0.29, 0.717) is 23.7 Å². The van der Waals surface area contributed by atoms with Crippen molar-refractivity contribution in [2.75, 3.05) is 6.61 Å². The molecule has 2 aromatic carbocycles. The second-order valence-corrected chi connectivity index (χ2v) is 4.03. The minimum atomic E-state index is -0.00234. The number of hydrogen-bond donors (Lipinski definition) is 0. The molecule has 0 radical (unpaired) electrons. The maximum atomic E-state index is 10.7. The Morgan fingerprint density at radius 3 is 2.75 bits per heavy atom. The summed E-state index contributed by atoms with van der Waals surface area (Å²) in [6, 6.07) is 16.2. The van der Waals surface area contributed by atoms with Gasteiger partial charge in [-0.15, -0.1) is 0 Å². The molecule has 0 saturated carbocycles. The van der Waals surface area contributed by atoms with E-state index in [1.54, 1.807) is 30.3 Å². The Labute approximate surface area is 117 Å². The zero-order valence-corrected chi connectivity index (χ0v) is 10.8. The molecule has 0 aliphatic carbocycles. The zero-order valence-electron chi connectivity index (χ0n) is 10.8. The second-order valence-electron chi connectivity index (χ2n) is 4.03. The van der Waals surface area contributed by atoms with E-state index in [1.807, 2.05) is 24.3 Å². The first-order valence-electron chi connectivity index (χ1n) is 6.09. The van der Waals surface area contributed by atoms with Crippen molar-refractivity contribution in [3.05, 3.63) is 59.7 Å². The van der Waals surface area contributed by atoms with Crippen LogP contribution in [-0.2, 0) is 6.61 Å². The normalized spacial score (nSPS) is 9.55. The fourth-order valence-electron chi connectivity index (χ4n) is 1.71. The van der Waals surface area contributed by atoms with Crippen LogP contribution in [0.4, 0.5) is 0 Å². The average molecular weight is 267 g/mol. The van der Waals surface area contributed by atoms with Crippen LogP contribution in [0.1, 0.15) is 15.9 Å². The molecule has 0 spiro atoms. The van der Waals surface area contributed by atoms with Crippen molar-refractivity contribution in [1.82, 2.24) is 0 Å². The summed E-state index contributed by atoms with van der Waals surface area (Å²) in [6.07, 6.45) is 0.775. The third kappa shape index (κ3) is 3.59. The summed E-state index contributed by atoms with van der Waals surface area (Å²) in [6.45, 7) is 0.307. The van der Waals surface area contributed by atoms with E-state index >= 15 is 0 Å². The summed E-state index contributed by atoms with van der Waals surface area (Å²) in [5.41, 5.74) is 1.41. The number of nitriles is 1. The van der Waals surface area contributed by atoms with Crippen LogP contribution in [0, 0.1) is 11.3 Å². The molecule has 0 aromatic heterocycles. The van der Waals surface area contributed by atoms with E-state index in [9.17, 15) is 4.79 Å². The van der Waals surface area contributed by atoms with E-state index < -0.39 is 0 Å². The Morgan fingerprint density at radius 1 is 1.10 bits per heavy atom. The van der Waals surface area contributed by atoms with E-state index in [4.69, 9.17) is 14.7 Å². The maximum absolute atomic E-state index is 10.7. The average Bonchev–Trinajstić information content (AvgIpc) is 2.52. The number of ether oxygens (including phenoxy) is 2. The number of para-hydroxylation sites is 1. The molecule has 0 N–H and O–H groups in total. The van der Waals surface area contributed by atoms with Crippen molar-refractivity contribution < 1.29 is 14.3 Å². The predicted octanol–water partition coefficient (Wildman–Crippen LogP) is 2.98. The van der Waals surface area contributed by atoms with Gasteiger partial charge in [0.15, 0.2) is 6.61 Å². The number of rotatable bonds is 6. The van der Waals surface area contributed by atoms with Crippen molar-refractivity contribution >= 4 is 6.29 Å². The molecule has 0 fully saturated rings. The molecule has 0 saturated heterocycles. The number of carbonyl (C=O) groups excluding carboxylic acids is 1. The van der Waals surface area contributed by atoms with Gasteiger partial charge in [-0.3, -0.25) is 4.79 Å². The van der Waals surface area contributed by atoms with Gasteiger partial charge in [-0.2, -0.15) is 5.26 Å². The van der Waals surface area contributed by atoms with Gasteiger partial charge in [0.05, 0.1) is 0 Å². The summed E-state index contributed by atoms with van der Waals surface area (Å²) in [7, 11) is 0. The van der Waals surface area contributed by atoms with Crippen LogP contribution >= 0.6 is 0 Å². The van der Waals surface area contributed by atoms with Crippen LogP contribution in [0.5, 0.6) is 11.5 Å². The number of aldehydes is 1. The topological polar surface area (TPSA) is 59.3 Å². The van der Waals surface area contributed by atoms with Gasteiger partial charge in [0.2, 0.25) is 0 Å². The highest BCUT2D eigenvalue weighted by Crippen LogP contribution is 2.21. The highest BCUT2D eigenvalue weighted by atomic mass is 16.5. The Hall–Kier alpha value is -2.80. The van der Waals surface area contributed by atoms with Gasteiger partial charge in [-0.05, 0) is 18.2 Å². The van der Waals surface area contributed by atoms with E-state index in [0.717, 1.165) is 11.8 Å². The molecule has 0 unspecified atom stereocenters. The highest BCUT2D eigenvalue weighted by molar-refractivity contribution is 5.75. The van der Waals surface area contributed by atoms with Crippen LogP contribution in [0.3, 0.4) is 0 Å². The van der Waals surface area contributed by atoms with Crippen molar-refractivity contribution in [2.24, 2.45) is 0 Å². The van der Waals surface area contributed by atoms with Gasteiger partial charge in [-0.25, -0.2) is 0 Å². The van der Waals surface area contributed by atoms with Crippen LogP contribution in [0.25, 0.3) is 0 Å². The molecule has 100 valence electrons. The molecule has 2 rings (SSSR count). The van der Waals surface area contributed by atoms with E-state index in [1.165, 1.54) is 0 Å². The van der Waals surface area contributed by atoms with Gasteiger partial charge < -0.3 is 9.47 Å². The lowest BCUT2D eigenvalue weighted by Crippen LogP contribution is -2.01. The first-order chi connectivity index (χ1) is 9.83. The van der Waals surface area contributed by atoms with E-state index in [-0.39, 0.29) is 6.61 Å². The molecule has 0 aliphatic rings. The molecule has 0 aliphatic heterocycles. The summed E-state index contributed by atoms with van der Waals surface area (Å²) >= 11 is 0. The van der Waals surface area contributed by atoms with Gasteiger partial charge in [0.1, 0.15) is 30.5 Å². The summed E-state index contributed by atoms with van der Waals surface area (Å²) in [5.74, 6) is 1.24. The standard InChI is InChI=1S/C16H13NO3/c17-8-9-19-16-7-2-1-5-14(16)12-20-15-6-3-4-13(10-15)11-18/h1-7,10-11H,9,12H2. The monoisotopic (exact) mass is 267 g/mol. The number of hydrogen-bond acceptors (Lipinski definition) is 4. The number of nitrogens with zero attached hydrogens (tertiary/aromatic N) is 1. The number of benzene rings is 2. The molecule has 0 bridgehead atoms. The smallest absolute Gasteiger partial charge is 0.174 e. The number of carbonyl (C=O) groups is 1. The molecule has 0 atom stereocenters. The highest BCUT2D eigenvalue weighted by Gasteiger charge is 2.04. The Bertz CT molecular complexity index is 632. The van der Waals surface area contributed by atoms with Crippen molar-refractivity contribution in [1.29, 1.82) is 5.26 Å². The minimum absolute atomic E-state index is 0.00234. The lowest BCUT2D eigenvalue weighted by atomic mass is 10.2. The first-order valence-corrected chi connectivity index (χ1v) is 6.09. The van der Waals surface area contributed by atoms with Crippen LogP contribution < -0.4 is 9.47 Å². The summed E-state index contributed by atoms with van der Waals surface area (Å²) < 4.78 is 11.0. The lowest BCUT2D eigenvalue weighted by Gasteiger charge is -2.10. The Morgan fingerprint density at radius 2 is 1.95 bits per heavy atom. The van der Waals surface area contributed by atoms with Gasteiger partial charge in [0, 0.05) is 11.1 Å². The Kier molecular flexibility index (Phi) is 4.74. The molecule has 4 nitrogen and oxygen atoms in total. The quantitative estimate of drug-likeness (QED) is 0.755. The van der Waals surface area contributed by atoms with E-state index in [2.05, 4.69) is 0 Å². The van der Waals surface area contributed by atoms with Crippen molar-refractivity contribution in [3.63, 3.8) is 0 Å². The molecular weight excluding hydrogens is 254 g/mol. The van der Waals surface area contributed by atoms with Crippen LogP contribution in [-0.4, -0.2) is 12.9 Å². The Balaban J connectivity index is 2.06. The van der Waals surface area contributed by atoms with Gasteiger partial charge in [0.25, 0.3) is 0 Å². The molecular formula is C16H13NO3. The van der Waals surface area contributed by atoms with Crippen LogP contribution in [0.15, 0.2) is 48.5 Å². The SMILES string of the molecule is N#CCOc1ccccc1COc1cccc(C=O)c1. The fourth-order valence-corrected chi connectivity index (χ4v) is 1.71. The van der Waals surface area contributed by atoms with Crippen LogP contribution in [0.2, 0.25) is 0 Å². The first kappa shape index (κ1) is 13.6. The zero-order chi connectivity index (χ0) is 14.2. The molecule has 0 heterocycles. The largest absolute Gasteiger partial charge is 0.489 e. The minimum Gasteiger partial charge on any atom is -0.489 e. The van der Waals surface area contributed by atoms with Crippen molar-refractivity contribution in [3.8, 4) is 17.6 Å². The second kappa shape index (κ2) is 6.95. The maximum Gasteiger partial charge on any atom is 0.174 e. The van der Waals surface area contributed by atoms with Gasteiger partial charge in [-0.1, -0.05) is 30.3 Å². The molecule has 4 heteroatoms. The third-order valence-corrected chi connectivity index (χ3v) is 2.65. The molecule has 2 aromatic rings.